The summed E-state index contributed by atoms with van der Waals surface area (Å²) in [6.07, 6.45) is 1.53. The summed E-state index contributed by atoms with van der Waals surface area (Å²) in [5.74, 6) is -0.155. The fraction of sp³-hybridized carbons (Fsp3) is 0.350. The number of anilines is 1. The second-order valence-electron chi connectivity index (χ2n) is 6.30. The molecule has 0 bridgehead atoms. The van der Waals surface area contributed by atoms with Gasteiger partial charge in [0, 0.05) is 5.69 Å². The molecule has 2 rings (SSSR count). The number of hydrogen-bond acceptors (Lipinski definition) is 3. The first kappa shape index (κ1) is 18.2. The van der Waals surface area contributed by atoms with Crippen molar-refractivity contribution >= 4 is 11.6 Å². The Morgan fingerprint density at radius 3 is 2.21 bits per heavy atom. The Kier molecular flexibility index (Phi) is 6.53. The van der Waals surface area contributed by atoms with Crippen LogP contribution in [0.4, 0.5) is 5.69 Å². The highest BCUT2D eigenvalue weighted by Crippen LogP contribution is 2.15. The van der Waals surface area contributed by atoms with Gasteiger partial charge in [0.05, 0.1) is 18.8 Å². The van der Waals surface area contributed by atoms with Crippen molar-refractivity contribution in [3.8, 4) is 0 Å². The third kappa shape index (κ3) is 5.48. The number of ether oxygens (including phenoxy) is 1. The summed E-state index contributed by atoms with van der Waals surface area (Å²) in [4.78, 5) is 12.2. The molecular weight excluding hydrogens is 300 g/mol. The fourth-order valence-electron chi connectivity index (χ4n) is 2.45. The van der Waals surface area contributed by atoms with Crippen LogP contribution >= 0.6 is 0 Å². The minimum absolute atomic E-state index is 0.155. The number of nitrogens with one attached hydrogen (secondary N) is 1. The first-order valence-electron chi connectivity index (χ1n) is 8.32. The van der Waals surface area contributed by atoms with Gasteiger partial charge in [-0.3, -0.25) is 4.79 Å². The summed E-state index contributed by atoms with van der Waals surface area (Å²) in [7, 11) is 0. The molecule has 0 aliphatic rings. The molecule has 2 aromatic rings. The largest absolute Gasteiger partial charge is 0.372 e. The van der Waals surface area contributed by atoms with E-state index in [1.54, 1.807) is 6.92 Å². The van der Waals surface area contributed by atoms with Crippen LogP contribution in [0.25, 0.3) is 0 Å². The van der Waals surface area contributed by atoms with Crippen LogP contribution in [0.2, 0.25) is 0 Å². The molecule has 0 saturated carbocycles. The Balaban J connectivity index is 1.83. The molecule has 0 fully saturated rings. The van der Waals surface area contributed by atoms with E-state index in [2.05, 4.69) is 5.32 Å². The number of hydrogen-bond donors (Lipinski definition) is 2. The standard InChI is InChI=1S/C20H26N2O2/c1-3-13-20(2,21)19(23)22-18-11-9-17(10-12-18)15-24-14-16-7-5-4-6-8-16/h4-12H,3,13-15,21H2,1-2H3,(H,22,23). The molecule has 0 heterocycles. The maximum atomic E-state index is 12.2. The number of benzene rings is 2. The maximum absolute atomic E-state index is 12.2. The normalized spacial score (nSPS) is 13.3. The first-order valence-corrected chi connectivity index (χ1v) is 8.32. The van der Waals surface area contributed by atoms with Crippen molar-refractivity contribution in [1.82, 2.24) is 0 Å². The molecule has 0 aliphatic heterocycles. The lowest BCUT2D eigenvalue weighted by Gasteiger charge is -2.22. The molecule has 0 saturated heterocycles. The zero-order valence-electron chi connectivity index (χ0n) is 14.4. The molecule has 24 heavy (non-hydrogen) atoms. The van der Waals surface area contributed by atoms with Crippen LogP contribution in [0, 0.1) is 0 Å². The van der Waals surface area contributed by atoms with Gasteiger partial charge in [-0.15, -0.1) is 0 Å². The van der Waals surface area contributed by atoms with Crippen LogP contribution in [-0.4, -0.2) is 11.4 Å². The van der Waals surface area contributed by atoms with E-state index in [0.717, 1.165) is 23.2 Å². The van der Waals surface area contributed by atoms with E-state index in [0.29, 0.717) is 19.6 Å². The Hall–Kier alpha value is -2.17. The SMILES string of the molecule is CCCC(C)(N)C(=O)Nc1ccc(COCc2ccccc2)cc1. The topological polar surface area (TPSA) is 64.4 Å². The molecule has 0 aromatic heterocycles. The van der Waals surface area contributed by atoms with Gasteiger partial charge in [-0.05, 0) is 36.6 Å². The molecule has 1 atom stereocenters. The van der Waals surface area contributed by atoms with Gasteiger partial charge < -0.3 is 15.8 Å². The zero-order valence-corrected chi connectivity index (χ0v) is 14.4. The van der Waals surface area contributed by atoms with Crippen molar-refractivity contribution < 1.29 is 9.53 Å². The third-order valence-electron chi connectivity index (χ3n) is 3.88. The van der Waals surface area contributed by atoms with E-state index in [1.165, 1.54) is 0 Å². The van der Waals surface area contributed by atoms with E-state index in [9.17, 15) is 4.79 Å². The highest BCUT2D eigenvalue weighted by molar-refractivity contribution is 5.97. The van der Waals surface area contributed by atoms with Crippen LogP contribution in [0.15, 0.2) is 54.6 Å². The second kappa shape index (κ2) is 8.62. The van der Waals surface area contributed by atoms with Gasteiger partial charge in [0.1, 0.15) is 0 Å². The molecule has 0 radical (unpaired) electrons. The summed E-state index contributed by atoms with van der Waals surface area (Å²) in [5, 5.41) is 2.87. The van der Waals surface area contributed by atoms with Gasteiger partial charge in [-0.1, -0.05) is 55.8 Å². The van der Waals surface area contributed by atoms with Crippen molar-refractivity contribution in [3.05, 3.63) is 65.7 Å². The highest BCUT2D eigenvalue weighted by atomic mass is 16.5. The number of carbonyl (C=O) groups excluding carboxylic acids is 1. The lowest BCUT2D eigenvalue weighted by atomic mass is 9.96. The molecule has 3 N–H and O–H groups in total. The van der Waals surface area contributed by atoms with Gasteiger partial charge in [-0.2, -0.15) is 0 Å². The van der Waals surface area contributed by atoms with Gasteiger partial charge in [-0.25, -0.2) is 0 Å². The summed E-state index contributed by atoms with van der Waals surface area (Å²) < 4.78 is 5.71. The summed E-state index contributed by atoms with van der Waals surface area (Å²) in [6.45, 7) is 4.90. The Labute approximate surface area is 144 Å². The average Bonchev–Trinajstić information content (AvgIpc) is 2.57. The number of rotatable bonds is 8. The molecule has 0 aliphatic carbocycles. The number of amides is 1. The highest BCUT2D eigenvalue weighted by Gasteiger charge is 2.26. The van der Waals surface area contributed by atoms with Gasteiger partial charge >= 0.3 is 0 Å². The molecule has 2 aromatic carbocycles. The van der Waals surface area contributed by atoms with Gasteiger partial charge in [0.2, 0.25) is 5.91 Å². The van der Waals surface area contributed by atoms with Crippen molar-refractivity contribution in [3.63, 3.8) is 0 Å². The number of carbonyl (C=O) groups is 1. The lowest BCUT2D eigenvalue weighted by Crippen LogP contribution is -2.48. The minimum atomic E-state index is -0.841. The van der Waals surface area contributed by atoms with E-state index in [-0.39, 0.29) is 5.91 Å². The smallest absolute Gasteiger partial charge is 0.244 e. The Bertz CT molecular complexity index is 636. The van der Waals surface area contributed by atoms with Crippen molar-refractivity contribution in [1.29, 1.82) is 0 Å². The predicted molar refractivity (Wildman–Crippen MR) is 97.5 cm³/mol. The van der Waals surface area contributed by atoms with E-state index in [4.69, 9.17) is 10.5 Å². The summed E-state index contributed by atoms with van der Waals surface area (Å²) in [6, 6.07) is 17.7. The molecule has 1 unspecified atom stereocenters. The van der Waals surface area contributed by atoms with Crippen molar-refractivity contribution in [2.45, 2.75) is 45.4 Å². The minimum Gasteiger partial charge on any atom is -0.372 e. The monoisotopic (exact) mass is 326 g/mol. The van der Waals surface area contributed by atoms with E-state index in [1.807, 2.05) is 61.5 Å². The maximum Gasteiger partial charge on any atom is 0.244 e. The quantitative estimate of drug-likeness (QED) is 0.774. The predicted octanol–water partition coefficient (Wildman–Crippen LogP) is 3.86. The van der Waals surface area contributed by atoms with Crippen molar-refractivity contribution in [2.75, 3.05) is 5.32 Å². The van der Waals surface area contributed by atoms with Crippen LogP contribution in [0.3, 0.4) is 0 Å². The first-order chi connectivity index (χ1) is 11.5. The second-order valence-corrected chi connectivity index (χ2v) is 6.30. The van der Waals surface area contributed by atoms with Gasteiger partial charge in [0.15, 0.2) is 0 Å². The fourth-order valence-corrected chi connectivity index (χ4v) is 2.45. The third-order valence-corrected chi connectivity index (χ3v) is 3.88. The van der Waals surface area contributed by atoms with Crippen LogP contribution in [-0.2, 0) is 22.7 Å². The molecule has 128 valence electrons. The summed E-state index contributed by atoms with van der Waals surface area (Å²) in [5.41, 5.74) is 8.16. The summed E-state index contributed by atoms with van der Waals surface area (Å²) >= 11 is 0. The number of nitrogens with two attached hydrogens (primary N) is 1. The molecule has 0 spiro atoms. The Morgan fingerprint density at radius 2 is 1.62 bits per heavy atom. The molecule has 4 heteroatoms. The molecule has 1 amide bonds. The zero-order chi connectivity index (χ0) is 17.4. The van der Waals surface area contributed by atoms with E-state index < -0.39 is 5.54 Å². The van der Waals surface area contributed by atoms with Crippen LogP contribution < -0.4 is 11.1 Å². The van der Waals surface area contributed by atoms with Gasteiger partial charge in [0.25, 0.3) is 0 Å². The lowest BCUT2D eigenvalue weighted by molar-refractivity contribution is -0.120. The Morgan fingerprint density at radius 1 is 1.04 bits per heavy atom. The van der Waals surface area contributed by atoms with E-state index >= 15 is 0 Å². The van der Waals surface area contributed by atoms with Crippen LogP contribution in [0.1, 0.15) is 37.8 Å². The average molecular weight is 326 g/mol. The van der Waals surface area contributed by atoms with Crippen molar-refractivity contribution in [2.24, 2.45) is 5.73 Å². The van der Waals surface area contributed by atoms with Crippen LogP contribution in [0.5, 0.6) is 0 Å². The molecular formula is C20H26N2O2. The molecule has 4 nitrogen and oxygen atoms in total.